The normalized spacial score (nSPS) is 10.4. The van der Waals surface area contributed by atoms with E-state index in [9.17, 15) is 4.79 Å². The number of carbonyl (C=O) groups is 1. The second kappa shape index (κ2) is 3.84. The van der Waals surface area contributed by atoms with Gasteiger partial charge < -0.3 is 9.47 Å². The number of rotatable bonds is 2. The van der Waals surface area contributed by atoms with Crippen molar-refractivity contribution < 1.29 is 14.3 Å². The van der Waals surface area contributed by atoms with Crippen molar-refractivity contribution in [2.75, 3.05) is 14.2 Å². The number of methoxy groups -OCH3 is 2. The molecule has 5 nitrogen and oxygen atoms in total. The number of ether oxygens (including phenoxy) is 2. The Kier molecular flexibility index (Phi) is 2.52. The summed E-state index contributed by atoms with van der Waals surface area (Å²) < 4.78 is 11.6. The van der Waals surface area contributed by atoms with E-state index >= 15 is 0 Å². The molecule has 84 valence electrons. The molecule has 0 aromatic carbocycles. The lowest BCUT2D eigenvalue weighted by Gasteiger charge is -2.03. The van der Waals surface area contributed by atoms with Gasteiger partial charge in [-0.15, -0.1) is 0 Å². The van der Waals surface area contributed by atoms with Gasteiger partial charge in [0.05, 0.1) is 19.9 Å². The van der Waals surface area contributed by atoms with Gasteiger partial charge in [-0.2, -0.15) is 0 Å². The predicted octanol–water partition coefficient (Wildman–Crippen LogP) is 1.44. The van der Waals surface area contributed by atoms with Gasteiger partial charge in [-0.1, -0.05) is 0 Å². The van der Waals surface area contributed by atoms with Crippen molar-refractivity contribution >= 4 is 11.6 Å². The molecule has 0 atom stereocenters. The molecule has 0 saturated carbocycles. The highest BCUT2D eigenvalue weighted by atomic mass is 16.5. The van der Waals surface area contributed by atoms with Crippen LogP contribution in [0.4, 0.5) is 0 Å². The largest absolute Gasteiger partial charge is 0.493 e. The summed E-state index contributed by atoms with van der Waals surface area (Å²) in [6.07, 6.45) is 1.75. The molecule has 0 aliphatic heterocycles. The Balaban J connectivity index is 2.76. The highest BCUT2D eigenvalue weighted by Gasteiger charge is 2.18. The number of nitrogens with zero attached hydrogens (tertiary/aromatic N) is 2. The van der Waals surface area contributed by atoms with Gasteiger partial charge >= 0.3 is 5.97 Å². The molecule has 0 amide bonds. The van der Waals surface area contributed by atoms with E-state index in [-0.39, 0.29) is 0 Å². The molecule has 0 aliphatic rings. The van der Waals surface area contributed by atoms with E-state index in [4.69, 9.17) is 9.47 Å². The maximum atomic E-state index is 11.6. The molecule has 0 radical (unpaired) electrons. The van der Waals surface area contributed by atoms with Crippen LogP contribution in [-0.4, -0.2) is 29.6 Å². The van der Waals surface area contributed by atoms with Gasteiger partial charge in [-0.25, -0.2) is 9.78 Å². The van der Waals surface area contributed by atoms with Crippen molar-refractivity contribution in [3.8, 4) is 5.75 Å². The van der Waals surface area contributed by atoms with E-state index in [1.54, 1.807) is 36.8 Å². The second-order valence-corrected chi connectivity index (χ2v) is 3.31. The Morgan fingerprint density at radius 2 is 2.19 bits per heavy atom. The minimum Gasteiger partial charge on any atom is -0.493 e. The van der Waals surface area contributed by atoms with Crippen LogP contribution in [0.2, 0.25) is 0 Å². The fourth-order valence-electron chi connectivity index (χ4n) is 1.66. The van der Waals surface area contributed by atoms with Gasteiger partial charge in [-0.05, 0) is 19.1 Å². The topological polar surface area (TPSA) is 52.8 Å². The van der Waals surface area contributed by atoms with Crippen LogP contribution < -0.4 is 4.74 Å². The molecule has 5 heteroatoms. The first-order valence-electron chi connectivity index (χ1n) is 4.79. The fraction of sp³-hybridized carbons (Fsp3) is 0.273. The molecule has 2 heterocycles. The highest BCUT2D eigenvalue weighted by molar-refractivity contribution is 5.90. The van der Waals surface area contributed by atoms with E-state index in [0.29, 0.717) is 22.8 Å². The number of aromatic nitrogens is 2. The summed E-state index contributed by atoms with van der Waals surface area (Å²) in [6.45, 7) is 1.76. The van der Waals surface area contributed by atoms with Gasteiger partial charge in [-0.3, -0.25) is 4.40 Å². The maximum absolute atomic E-state index is 11.6. The summed E-state index contributed by atoms with van der Waals surface area (Å²) in [4.78, 5) is 15.9. The van der Waals surface area contributed by atoms with Gasteiger partial charge in [0.15, 0.2) is 17.1 Å². The zero-order valence-corrected chi connectivity index (χ0v) is 9.35. The Morgan fingerprint density at radius 1 is 1.44 bits per heavy atom. The van der Waals surface area contributed by atoms with E-state index in [0.717, 1.165) is 0 Å². The number of esters is 1. The third kappa shape index (κ3) is 1.41. The molecule has 16 heavy (non-hydrogen) atoms. The van der Waals surface area contributed by atoms with Crippen molar-refractivity contribution in [2.45, 2.75) is 6.92 Å². The van der Waals surface area contributed by atoms with Crippen LogP contribution in [0.5, 0.6) is 5.75 Å². The molecule has 0 aliphatic carbocycles. The molecule has 2 rings (SSSR count). The number of hydrogen-bond acceptors (Lipinski definition) is 4. The first-order valence-corrected chi connectivity index (χ1v) is 4.79. The minimum atomic E-state index is -0.404. The summed E-state index contributed by atoms with van der Waals surface area (Å²) in [7, 11) is 2.92. The van der Waals surface area contributed by atoms with Crippen molar-refractivity contribution in [1.82, 2.24) is 9.38 Å². The van der Waals surface area contributed by atoms with E-state index < -0.39 is 5.97 Å². The smallest absolute Gasteiger partial charge is 0.356 e. The molecule has 0 spiro atoms. The number of fused-ring (bicyclic) bond motifs is 1. The average Bonchev–Trinajstić information content (AvgIpc) is 2.63. The van der Waals surface area contributed by atoms with Crippen LogP contribution in [0.1, 0.15) is 16.2 Å². The van der Waals surface area contributed by atoms with Crippen LogP contribution >= 0.6 is 0 Å². The van der Waals surface area contributed by atoms with Gasteiger partial charge in [0.1, 0.15) is 0 Å². The van der Waals surface area contributed by atoms with Crippen molar-refractivity contribution in [3.05, 3.63) is 29.7 Å². The Hall–Kier alpha value is -2.04. The van der Waals surface area contributed by atoms with Gasteiger partial charge in [0.2, 0.25) is 0 Å². The summed E-state index contributed by atoms with van der Waals surface area (Å²) in [6, 6.07) is 3.59. The van der Waals surface area contributed by atoms with E-state index in [1.165, 1.54) is 7.11 Å². The third-order valence-corrected chi connectivity index (χ3v) is 2.39. The predicted molar refractivity (Wildman–Crippen MR) is 57.8 cm³/mol. The molecular weight excluding hydrogens is 208 g/mol. The molecular formula is C11H12N2O3. The fourth-order valence-corrected chi connectivity index (χ4v) is 1.66. The number of imidazole rings is 1. The van der Waals surface area contributed by atoms with Gasteiger partial charge in [0.25, 0.3) is 0 Å². The quantitative estimate of drug-likeness (QED) is 0.718. The summed E-state index contributed by atoms with van der Waals surface area (Å²) in [5.74, 6) is 0.221. The maximum Gasteiger partial charge on any atom is 0.356 e. The van der Waals surface area contributed by atoms with Crippen LogP contribution in [0, 0.1) is 6.92 Å². The first kappa shape index (κ1) is 10.5. The lowest BCUT2D eigenvalue weighted by molar-refractivity contribution is 0.0592. The molecule has 2 aromatic heterocycles. The summed E-state index contributed by atoms with van der Waals surface area (Å²) in [5, 5.41) is 0. The van der Waals surface area contributed by atoms with Crippen molar-refractivity contribution in [3.63, 3.8) is 0 Å². The van der Waals surface area contributed by atoms with Crippen LogP contribution in [0.15, 0.2) is 18.3 Å². The lowest BCUT2D eigenvalue weighted by atomic mass is 10.3. The number of hydrogen-bond donors (Lipinski definition) is 0. The first-order chi connectivity index (χ1) is 7.69. The summed E-state index contributed by atoms with van der Waals surface area (Å²) in [5.41, 5.74) is 1.66. The number of aryl methyl sites for hydroxylation is 1. The lowest BCUT2D eigenvalue weighted by Crippen LogP contribution is -2.07. The Bertz CT molecular complexity index is 545. The zero-order valence-electron chi connectivity index (χ0n) is 9.35. The SMILES string of the molecule is COC(=O)c1c(C)nc2c(OC)cccn12. The van der Waals surface area contributed by atoms with Crippen molar-refractivity contribution in [1.29, 1.82) is 0 Å². The highest BCUT2D eigenvalue weighted by Crippen LogP contribution is 2.21. The minimum absolute atomic E-state index is 0.404. The average molecular weight is 220 g/mol. The zero-order chi connectivity index (χ0) is 11.7. The van der Waals surface area contributed by atoms with Gasteiger partial charge in [0, 0.05) is 6.20 Å². The Morgan fingerprint density at radius 3 is 2.81 bits per heavy atom. The van der Waals surface area contributed by atoms with Crippen molar-refractivity contribution in [2.24, 2.45) is 0 Å². The second-order valence-electron chi connectivity index (χ2n) is 3.31. The standard InChI is InChI=1S/C11H12N2O3/c1-7-9(11(14)16-3)13-6-4-5-8(15-2)10(13)12-7/h4-6H,1-3H3. The molecule has 2 aromatic rings. The summed E-state index contributed by atoms with van der Waals surface area (Å²) >= 11 is 0. The molecule has 0 unspecified atom stereocenters. The van der Waals surface area contributed by atoms with E-state index in [2.05, 4.69) is 4.98 Å². The number of pyridine rings is 1. The number of carbonyl (C=O) groups excluding carboxylic acids is 1. The monoisotopic (exact) mass is 220 g/mol. The molecule has 0 saturated heterocycles. The van der Waals surface area contributed by atoms with Crippen LogP contribution in [-0.2, 0) is 4.74 Å². The molecule has 0 N–H and O–H groups in total. The third-order valence-electron chi connectivity index (χ3n) is 2.39. The Labute approximate surface area is 92.6 Å². The molecule has 0 bridgehead atoms. The molecule has 0 fully saturated rings. The van der Waals surface area contributed by atoms with Crippen LogP contribution in [0.3, 0.4) is 0 Å². The van der Waals surface area contributed by atoms with E-state index in [1.807, 2.05) is 0 Å². The van der Waals surface area contributed by atoms with Crippen LogP contribution in [0.25, 0.3) is 5.65 Å².